The van der Waals surface area contributed by atoms with Crippen LogP contribution in [0.3, 0.4) is 0 Å². The summed E-state index contributed by atoms with van der Waals surface area (Å²) in [6.45, 7) is 4.93. The monoisotopic (exact) mass is 225 g/mol. The highest BCUT2D eigenvalue weighted by molar-refractivity contribution is 5.00. The number of nitrogens with one attached hydrogen (secondary N) is 1. The van der Waals surface area contributed by atoms with E-state index < -0.39 is 0 Å². The lowest BCUT2D eigenvalue weighted by molar-refractivity contribution is 0.194. The van der Waals surface area contributed by atoms with Crippen LogP contribution in [0.1, 0.15) is 31.0 Å². The maximum atomic E-state index is 5.31. The molecule has 1 aromatic rings. The van der Waals surface area contributed by atoms with E-state index in [1.807, 2.05) is 0 Å². The molecule has 2 heterocycles. The molecule has 1 aliphatic rings. The minimum absolute atomic E-state index is 0.378. The van der Waals surface area contributed by atoms with Gasteiger partial charge in [-0.25, -0.2) is 0 Å². The fourth-order valence-corrected chi connectivity index (χ4v) is 2.03. The molecule has 0 aliphatic carbocycles. The summed E-state index contributed by atoms with van der Waals surface area (Å²) in [5, 5.41) is 7.33. The largest absolute Gasteiger partial charge is 0.385 e. The molecule has 1 saturated heterocycles. The SMILES string of the molecule is COCCCc1noc(C2CNCC2C)n1. The topological polar surface area (TPSA) is 60.2 Å². The van der Waals surface area contributed by atoms with Crippen LogP contribution in [-0.4, -0.2) is 36.9 Å². The van der Waals surface area contributed by atoms with E-state index in [-0.39, 0.29) is 0 Å². The van der Waals surface area contributed by atoms with Gasteiger partial charge in [0.25, 0.3) is 0 Å². The number of aryl methyl sites for hydroxylation is 1. The first-order chi connectivity index (χ1) is 7.81. The van der Waals surface area contributed by atoms with E-state index in [4.69, 9.17) is 9.26 Å². The van der Waals surface area contributed by atoms with E-state index >= 15 is 0 Å². The molecule has 2 rings (SSSR count). The summed E-state index contributed by atoms with van der Waals surface area (Å²) in [7, 11) is 1.70. The molecule has 1 N–H and O–H groups in total. The van der Waals surface area contributed by atoms with Crippen LogP contribution in [0.2, 0.25) is 0 Å². The summed E-state index contributed by atoms with van der Waals surface area (Å²) in [5.41, 5.74) is 0. The fourth-order valence-electron chi connectivity index (χ4n) is 2.03. The smallest absolute Gasteiger partial charge is 0.231 e. The second-order valence-electron chi connectivity index (χ2n) is 4.39. The molecule has 2 unspecified atom stereocenters. The van der Waals surface area contributed by atoms with Crippen molar-refractivity contribution in [3.8, 4) is 0 Å². The molecule has 0 aromatic carbocycles. The van der Waals surface area contributed by atoms with E-state index in [2.05, 4.69) is 22.4 Å². The van der Waals surface area contributed by atoms with Crippen molar-refractivity contribution in [3.63, 3.8) is 0 Å². The number of rotatable bonds is 5. The second kappa shape index (κ2) is 5.41. The number of hydrogen-bond acceptors (Lipinski definition) is 5. The van der Waals surface area contributed by atoms with E-state index in [9.17, 15) is 0 Å². The van der Waals surface area contributed by atoms with Gasteiger partial charge in [-0.15, -0.1) is 0 Å². The summed E-state index contributed by atoms with van der Waals surface area (Å²) >= 11 is 0. The van der Waals surface area contributed by atoms with Crippen LogP contribution in [0.5, 0.6) is 0 Å². The van der Waals surface area contributed by atoms with Crippen molar-refractivity contribution < 1.29 is 9.26 Å². The van der Waals surface area contributed by atoms with Crippen LogP contribution in [-0.2, 0) is 11.2 Å². The molecule has 0 spiro atoms. The Labute approximate surface area is 95.6 Å². The average molecular weight is 225 g/mol. The predicted molar refractivity (Wildman–Crippen MR) is 59.3 cm³/mol. The van der Waals surface area contributed by atoms with Crippen LogP contribution in [0, 0.1) is 5.92 Å². The standard InChI is InChI=1S/C11H19N3O2/c1-8-6-12-7-9(8)11-13-10(14-16-11)4-3-5-15-2/h8-9,12H,3-7H2,1-2H3. The van der Waals surface area contributed by atoms with E-state index in [0.29, 0.717) is 11.8 Å². The summed E-state index contributed by atoms with van der Waals surface area (Å²) in [4.78, 5) is 4.44. The van der Waals surface area contributed by atoms with Crippen molar-refractivity contribution in [2.75, 3.05) is 26.8 Å². The van der Waals surface area contributed by atoms with E-state index in [1.54, 1.807) is 7.11 Å². The van der Waals surface area contributed by atoms with Crippen LogP contribution in [0.25, 0.3) is 0 Å². The Hall–Kier alpha value is -0.940. The highest BCUT2D eigenvalue weighted by Crippen LogP contribution is 2.26. The van der Waals surface area contributed by atoms with Gasteiger partial charge in [0.15, 0.2) is 5.82 Å². The van der Waals surface area contributed by atoms with E-state index in [0.717, 1.165) is 44.3 Å². The summed E-state index contributed by atoms with van der Waals surface area (Å²) in [6.07, 6.45) is 1.76. The Morgan fingerprint density at radius 1 is 1.50 bits per heavy atom. The van der Waals surface area contributed by atoms with Crippen molar-refractivity contribution in [2.45, 2.75) is 25.7 Å². The predicted octanol–water partition coefficient (Wildman–Crippen LogP) is 0.971. The molecule has 2 atom stereocenters. The van der Waals surface area contributed by atoms with Gasteiger partial charge in [0.05, 0.1) is 5.92 Å². The van der Waals surface area contributed by atoms with Gasteiger partial charge in [0, 0.05) is 26.7 Å². The Morgan fingerprint density at radius 2 is 2.38 bits per heavy atom. The van der Waals surface area contributed by atoms with Gasteiger partial charge in [-0.2, -0.15) is 4.98 Å². The number of methoxy groups -OCH3 is 1. The third kappa shape index (κ3) is 2.59. The number of nitrogens with zero attached hydrogens (tertiary/aromatic N) is 2. The van der Waals surface area contributed by atoms with Gasteiger partial charge in [-0.05, 0) is 18.9 Å². The van der Waals surface area contributed by atoms with Crippen LogP contribution in [0.4, 0.5) is 0 Å². The summed E-state index contributed by atoms with van der Waals surface area (Å²) < 4.78 is 10.3. The lowest BCUT2D eigenvalue weighted by Crippen LogP contribution is -2.08. The summed E-state index contributed by atoms with van der Waals surface area (Å²) in [6, 6.07) is 0. The van der Waals surface area contributed by atoms with Gasteiger partial charge in [-0.3, -0.25) is 0 Å². The molecule has 1 aliphatic heterocycles. The van der Waals surface area contributed by atoms with Crippen LogP contribution in [0.15, 0.2) is 4.52 Å². The van der Waals surface area contributed by atoms with Crippen molar-refractivity contribution in [1.82, 2.24) is 15.5 Å². The lowest BCUT2D eigenvalue weighted by Gasteiger charge is -2.07. The Kier molecular flexibility index (Phi) is 3.90. The minimum Gasteiger partial charge on any atom is -0.385 e. The highest BCUT2D eigenvalue weighted by Gasteiger charge is 2.29. The Morgan fingerprint density at radius 3 is 3.06 bits per heavy atom. The van der Waals surface area contributed by atoms with Gasteiger partial charge < -0.3 is 14.6 Å². The van der Waals surface area contributed by atoms with Crippen molar-refractivity contribution in [3.05, 3.63) is 11.7 Å². The molecular weight excluding hydrogens is 206 g/mol. The molecule has 1 fully saturated rings. The normalized spacial score (nSPS) is 25.1. The highest BCUT2D eigenvalue weighted by atomic mass is 16.5. The quantitative estimate of drug-likeness (QED) is 0.757. The third-order valence-corrected chi connectivity index (χ3v) is 3.07. The number of aromatic nitrogens is 2. The second-order valence-corrected chi connectivity index (χ2v) is 4.39. The molecule has 1 aromatic heterocycles. The molecule has 0 radical (unpaired) electrons. The molecule has 0 saturated carbocycles. The number of ether oxygens (including phenoxy) is 1. The Bertz CT molecular complexity index is 327. The van der Waals surface area contributed by atoms with E-state index in [1.165, 1.54) is 0 Å². The molecule has 5 heteroatoms. The molecular formula is C11H19N3O2. The first-order valence-corrected chi connectivity index (χ1v) is 5.83. The molecule has 5 nitrogen and oxygen atoms in total. The zero-order valence-electron chi connectivity index (χ0n) is 9.90. The minimum atomic E-state index is 0.378. The van der Waals surface area contributed by atoms with Crippen molar-refractivity contribution in [2.24, 2.45) is 5.92 Å². The maximum absolute atomic E-state index is 5.31. The Balaban J connectivity index is 1.91. The molecule has 90 valence electrons. The number of hydrogen-bond donors (Lipinski definition) is 1. The lowest BCUT2D eigenvalue weighted by atomic mass is 9.98. The first kappa shape index (κ1) is 11.5. The maximum Gasteiger partial charge on any atom is 0.231 e. The average Bonchev–Trinajstić information content (AvgIpc) is 2.87. The fraction of sp³-hybridized carbons (Fsp3) is 0.818. The molecule has 16 heavy (non-hydrogen) atoms. The first-order valence-electron chi connectivity index (χ1n) is 5.83. The van der Waals surface area contributed by atoms with Crippen LogP contribution < -0.4 is 5.32 Å². The molecule has 0 amide bonds. The third-order valence-electron chi connectivity index (χ3n) is 3.07. The zero-order chi connectivity index (χ0) is 11.4. The summed E-state index contributed by atoms with van der Waals surface area (Å²) in [5.74, 6) is 2.53. The molecule has 0 bridgehead atoms. The van der Waals surface area contributed by atoms with Gasteiger partial charge in [0.2, 0.25) is 5.89 Å². The van der Waals surface area contributed by atoms with Gasteiger partial charge >= 0.3 is 0 Å². The van der Waals surface area contributed by atoms with Gasteiger partial charge in [0.1, 0.15) is 0 Å². The van der Waals surface area contributed by atoms with Crippen LogP contribution >= 0.6 is 0 Å². The van der Waals surface area contributed by atoms with Crippen molar-refractivity contribution >= 4 is 0 Å². The van der Waals surface area contributed by atoms with Gasteiger partial charge in [-0.1, -0.05) is 12.1 Å². The zero-order valence-corrected chi connectivity index (χ0v) is 9.90. The van der Waals surface area contributed by atoms with Crippen molar-refractivity contribution in [1.29, 1.82) is 0 Å².